The van der Waals surface area contributed by atoms with Gasteiger partial charge in [-0.2, -0.15) is 0 Å². The highest BCUT2D eigenvalue weighted by molar-refractivity contribution is 5.78. The van der Waals surface area contributed by atoms with Crippen molar-refractivity contribution >= 4 is 5.91 Å². The number of nitrogens with one attached hydrogen (secondary N) is 1. The number of carbonyl (C=O) groups is 1. The minimum absolute atomic E-state index is 0.158. The molecule has 4 nitrogen and oxygen atoms in total. The van der Waals surface area contributed by atoms with E-state index in [0.29, 0.717) is 5.75 Å². The first-order valence-electron chi connectivity index (χ1n) is 5.69. The molecular formula is C13H20N2O2. The van der Waals surface area contributed by atoms with E-state index in [2.05, 4.69) is 5.32 Å². The Hall–Kier alpha value is -1.55. The fourth-order valence-electron chi connectivity index (χ4n) is 1.51. The predicted molar refractivity (Wildman–Crippen MR) is 67.9 cm³/mol. The van der Waals surface area contributed by atoms with Crippen molar-refractivity contribution in [3.05, 3.63) is 29.3 Å². The van der Waals surface area contributed by atoms with Crippen molar-refractivity contribution in [1.29, 1.82) is 0 Å². The molecule has 0 fully saturated rings. The zero-order chi connectivity index (χ0) is 13.0. The van der Waals surface area contributed by atoms with Gasteiger partial charge in [-0.25, -0.2) is 0 Å². The third-order valence-corrected chi connectivity index (χ3v) is 2.77. The van der Waals surface area contributed by atoms with E-state index < -0.39 is 12.0 Å². The lowest BCUT2D eigenvalue weighted by atomic mass is 10.1. The number of amides is 1. The molecule has 0 aliphatic carbocycles. The Kier molecular flexibility index (Phi) is 4.52. The monoisotopic (exact) mass is 236 g/mol. The van der Waals surface area contributed by atoms with Gasteiger partial charge in [0.05, 0.1) is 0 Å². The zero-order valence-electron chi connectivity index (χ0n) is 10.8. The summed E-state index contributed by atoms with van der Waals surface area (Å²) in [5, 5.41) is 3.15. The zero-order valence-corrected chi connectivity index (χ0v) is 10.8. The molecule has 0 heterocycles. The number of carbonyl (C=O) groups excluding carboxylic acids is 1. The Morgan fingerprint density at radius 2 is 2.06 bits per heavy atom. The largest absolute Gasteiger partial charge is 0.481 e. The van der Waals surface area contributed by atoms with E-state index in [1.54, 1.807) is 6.92 Å². The highest BCUT2D eigenvalue weighted by Crippen LogP contribution is 2.27. The molecule has 0 bridgehead atoms. The van der Waals surface area contributed by atoms with Crippen molar-refractivity contribution in [2.24, 2.45) is 5.73 Å². The highest BCUT2D eigenvalue weighted by Gasteiger charge is 2.15. The first kappa shape index (κ1) is 13.5. The van der Waals surface area contributed by atoms with Crippen LogP contribution in [0.5, 0.6) is 5.75 Å². The highest BCUT2D eigenvalue weighted by atomic mass is 16.5. The molecule has 0 aliphatic rings. The van der Waals surface area contributed by atoms with Crippen LogP contribution in [0.3, 0.4) is 0 Å². The maximum absolute atomic E-state index is 11.0. The van der Waals surface area contributed by atoms with Gasteiger partial charge in [0.25, 0.3) is 5.91 Å². The number of rotatable bonds is 5. The van der Waals surface area contributed by atoms with Crippen LogP contribution in [0.2, 0.25) is 0 Å². The quantitative estimate of drug-likeness (QED) is 0.814. The smallest absolute Gasteiger partial charge is 0.258 e. The van der Waals surface area contributed by atoms with Crippen LogP contribution >= 0.6 is 0 Å². The van der Waals surface area contributed by atoms with E-state index in [-0.39, 0.29) is 6.04 Å². The van der Waals surface area contributed by atoms with Crippen molar-refractivity contribution in [2.45, 2.75) is 32.9 Å². The summed E-state index contributed by atoms with van der Waals surface area (Å²) < 4.78 is 5.60. The second kappa shape index (κ2) is 5.68. The molecule has 2 unspecified atom stereocenters. The van der Waals surface area contributed by atoms with Gasteiger partial charge in [0.15, 0.2) is 6.10 Å². The molecule has 0 saturated carbocycles. The molecule has 0 radical (unpaired) electrons. The number of hydrogen-bond acceptors (Lipinski definition) is 3. The molecule has 94 valence electrons. The molecule has 17 heavy (non-hydrogen) atoms. The molecule has 0 aromatic heterocycles. The summed E-state index contributed by atoms with van der Waals surface area (Å²) in [5.41, 5.74) is 7.31. The minimum atomic E-state index is -0.625. The molecule has 1 rings (SSSR count). The predicted octanol–water partition coefficient (Wildman–Crippen LogP) is 1.53. The number of primary amides is 1. The van der Waals surface area contributed by atoms with E-state index in [1.165, 1.54) is 0 Å². The summed E-state index contributed by atoms with van der Waals surface area (Å²) in [5.74, 6) is 0.243. The fraction of sp³-hybridized carbons (Fsp3) is 0.462. The van der Waals surface area contributed by atoms with Gasteiger partial charge in [-0.15, -0.1) is 0 Å². The van der Waals surface area contributed by atoms with Crippen LogP contribution in [0.15, 0.2) is 18.2 Å². The third kappa shape index (κ3) is 3.46. The molecule has 1 aromatic carbocycles. The second-order valence-corrected chi connectivity index (χ2v) is 4.21. The molecule has 4 heteroatoms. The summed E-state index contributed by atoms with van der Waals surface area (Å²) in [6.45, 7) is 5.67. The van der Waals surface area contributed by atoms with Gasteiger partial charge < -0.3 is 15.8 Å². The summed E-state index contributed by atoms with van der Waals surface area (Å²) in [7, 11) is 1.88. The third-order valence-electron chi connectivity index (χ3n) is 2.77. The first-order chi connectivity index (χ1) is 7.95. The normalized spacial score (nSPS) is 14.1. The van der Waals surface area contributed by atoms with Crippen LogP contribution in [0.1, 0.15) is 31.0 Å². The number of hydrogen-bond donors (Lipinski definition) is 2. The van der Waals surface area contributed by atoms with Gasteiger partial charge in [0.2, 0.25) is 0 Å². The number of nitrogens with two attached hydrogens (primary N) is 1. The van der Waals surface area contributed by atoms with Crippen molar-refractivity contribution in [3.63, 3.8) is 0 Å². The average molecular weight is 236 g/mol. The lowest BCUT2D eigenvalue weighted by molar-refractivity contribution is -0.124. The van der Waals surface area contributed by atoms with Crippen molar-refractivity contribution in [1.82, 2.24) is 5.32 Å². The van der Waals surface area contributed by atoms with Crippen LogP contribution in [0.4, 0.5) is 0 Å². The number of ether oxygens (including phenoxy) is 1. The van der Waals surface area contributed by atoms with Crippen molar-refractivity contribution < 1.29 is 9.53 Å². The van der Waals surface area contributed by atoms with Crippen LogP contribution < -0.4 is 15.8 Å². The Labute approximate surface area is 102 Å². The second-order valence-electron chi connectivity index (χ2n) is 4.21. The topological polar surface area (TPSA) is 64.3 Å². The lowest BCUT2D eigenvalue weighted by Gasteiger charge is -2.19. The summed E-state index contributed by atoms with van der Waals surface area (Å²) >= 11 is 0. The lowest BCUT2D eigenvalue weighted by Crippen LogP contribution is -2.31. The van der Waals surface area contributed by atoms with Crippen LogP contribution in [0.25, 0.3) is 0 Å². The summed E-state index contributed by atoms with van der Waals surface area (Å²) in [6.07, 6.45) is -0.625. The molecule has 1 aromatic rings. The van der Waals surface area contributed by atoms with Gasteiger partial charge in [0, 0.05) is 11.6 Å². The maximum Gasteiger partial charge on any atom is 0.258 e. The fourth-order valence-corrected chi connectivity index (χ4v) is 1.51. The van der Waals surface area contributed by atoms with Gasteiger partial charge in [0.1, 0.15) is 5.75 Å². The van der Waals surface area contributed by atoms with Gasteiger partial charge >= 0.3 is 0 Å². The Bertz CT molecular complexity index is 404. The van der Waals surface area contributed by atoms with E-state index in [9.17, 15) is 4.79 Å². The van der Waals surface area contributed by atoms with Crippen molar-refractivity contribution in [3.8, 4) is 5.75 Å². The van der Waals surface area contributed by atoms with E-state index in [4.69, 9.17) is 10.5 Å². The SMILES string of the molecule is CNC(C)c1ccc(C)cc1OC(C)C(N)=O. The Balaban J connectivity index is 3.02. The molecule has 2 atom stereocenters. The Morgan fingerprint density at radius 3 is 2.59 bits per heavy atom. The standard InChI is InChI=1S/C13H20N2O2/c1-8-5-6-11(9(2)15-4)12(7-8)17-10(3)13(14)16/h5-7,9-10,15H,1-4H3,(H2,14,16). The number of aryl methyl sites for hydroxylation is 1. The van der Waals surface area contributed by atoms with Crippen LogP contribution in [-0.4, -0.2) is 19.1 Å². The molecule has 1 amide bonds. The van der Waals surface area contributed by atoms with Crippen molar-refractivity contribution in [2.75, 3.05) is 7.05 Å². The molecule has 0 aliphatic heterocycles. The van der Waals surface area contributed by atoms with Gasteiger partial charge in [-0.05, 0) is 39.4 Å². The van der Waals surface area contributed by atoms with E-state index in [0.717, 1.165) is 11.1 Å². The minimum Gasteiger partial charge on any atom is -0.481 e. The van der Waals surface area contributed by atoms with Crippen LogP contribution in [-0.2, 0) is 4.79 Å². The molecule has 3 N–H and O–H groups in total. The number of benzene rings is 1. The van der Waals surface area contributed by atoms with Gasteiger partial charge in [-0.3, -0.25) is 4.79 Å². The molecule has 0 spiro atoms. The van der Waals surface area contributed by atoms with Crippen LogP contribution in [0, 0.1) is 6.92 Å². The van der Waals surface area contributed by atoms with E-state index in [1.807, 2.05) is 39.1 Å². The Morgan fingerprint density at radius 1 is 1.41 bits per heavy atom. The van der Waals surface area contributed by atoms with Gasteiger partial charge in [-0.1, -0.05) is 12.1 Å². The maximum atomic E-state index is 11.0. The average Bonchev–Trinajstić information content (AvgIpc) is 2.28. The molecule has 0 saturated heterocycles. The first-order valence-corrected chi connectivity index (χ1v) is 5.69. The summed E-state index contributed by atoms with van der Waals surface area (Å²) in [4.78, 5) is 11.0. The van der Waals surface area contributed by atoms with E-state index >= 15 is 0 Å². The molecular weight excluding hydrogens is 216 g/mol. The summed E-state index contributed by atoms with van der Waals surface area (Å²) in [6, 6.07) is 6.10.